The average Bonchev–Trinajstić information content (AvgIpc) is 2.29. The Morgan fingerprint density at radius 2 is 1.53 bits per heavy atom. The summed E-state index contributed by atoms with van der Waals surface area (Å²) in [5.41, 5.74) is -0.217. The zero-order valence-electron chi connectivity index (χ0n) is 8.22. The van der Waals surface area contributed by atoms with E-state index in [1.54, 1.807) is 0 Å². The Bertz CT molecular complexity index is 545. The van der Waals surface area contributed by atoms with Gasteiger partial charge in [0.1, 0.15) is 5.82 Å². The number of hydrogen-bond acceptors (Lipinski definition) is 3. The van der Waals surface area contributed by atoms with E-state index in [9.17, 15) is 13.2 Å². The minimum atomic E-state index is -1.24. The van der Waals surface area contributed by atoms with E-state index in [1.807, 2.05) is 22.6 Å². The van der Waals surface area contributed by atoms with Crippen LogP contribution in [0.2, 0.25) is 0 Å². The molecule has 88 valence electrons. The van der Waals surface area contributed by atoms with Crippen molar-refractivity contribution in [1.82, 2.24) is 9.97 Å². The zero-order valence-corrected chi connectivity index (χ0v) is 10.4. The lowest BCUT2D eigenvalue weighted by Gasteiger charge is -2.06. The van der Waals surface area contributed by atoms with E-state index in [0.29, 0.717) is 12.1 Å². The van der Waals surface area contributed by atoms with Crippen LogP contribution in [-0.2, 0) is 0 Å². The fraction of sp³-hybridized carbons (Fsp3) is 0. The molecule has 2 aromatic rings. The normalized spacial score (nSPS) is 10.4. The molecule has 0 aliphatic heterocycles. The Labute approximate surface area is 108 Å². The number of benzene rings is 1. The zero-order chi connectivity index (χ0) is 12.4. The van der Waals surface area contributed by atoms with Crippen LogP contribution >= 0.6 is 22.6 Å². The van der Waals surface area contributed by atoms with E-state index in [2.05, 4.69) is 15.3 Å². The van der Waals surface area contributed by atoms with Crippen molar-refractivity contribution >= 4 is 34.2 Å². The quantitative estimate of drug-likeness (QED) is 0.667. The standard InChI is InChI=1S/C10H5F3IN3/c11-6-1-8(13)9(2-7(6)12)17-10-15-3-5(14)4-16-10/h1-4H,(H,15,16,17). The van der Waals surface area contributed by atoms with E-state index in [-0.39, 0.29) is 11.6 Å². The van der Waals surface area contributed by atoms with Gasteiger partial charge in [0.25, 0.3) is 0 Å². The molecule has 17 heavy (non-hydrogen) atoms. The fourth-order valence-corrected chi connectivity index (χ4v) is 1.39. The van der Waals surface area contributed by atoms with Crippen LogP contribution < -0.4 is 5.32 Å². The van der Waals surface area contributed by atoms with Crippen LogP contribution in [0.15, 0.2) is 24.5 Å². The molecule has 0 amide bonds. The summed E-state index contributed by atoms with van der Waals surface area (Å²) in [5.74, 6) is -3.18. The molecular formula is C10H5F3IN3. The van der Waals surface area contributed by atoms with E-state index in [0.717, 1.165) is 3.57 Å². The highest BCUT2D eigenvalue weighted by molar-refractivity contribution is 14.1. The maximum absolute atomic E-state index is 13.3. The van der Waals surface area contributed by atoms with Crippen LogP contribution in [0.4, 0.5) is 24.8 Å². The van der Waals surface area contributed by atoms with E-state index >= 15 is 0 Å². The van der Waals surface area contributed by atoms with Gasteiger partial charge in [0.15, 0.2) is 11.6 Å². The van der Waals surface area contributed by atoms with Gasteiger partial charge in [-0.1, -0.05) is 0 Å². The van der Waals surface area contributed by atoms with Crippen molar-refractivity contribution in [2.24, 2.45) is 0 Å². The SMILES string of the molecule is Fc1cc(F)c(Nc2ncc(I)cn2)cc1F. The molecule has 0 spiro atoms. The monoisotopic (exact) mass is 351 g/mol. The van der Waals surface area contributed by atoms with Gasteiger partial charge in [-0.3, -0.25) is 0 Å². The highest BCUT2D eigenvalue weighted by Crippen LogP contribution is 2.20. The number of hydrogen-bond donors (Lipinski definition) is 1. The Morgan fingerprint density at radius 3 is 2.18 bits per heavy atom. The molecule has 0 saturated carbocycles. The fourth-order valence-electron chi connectivity index (χ4n) is 1.12. The second kappa shape index (κ2) is 4.86. The maximum Gasteiger partial charge on any atom is 0.227 e. The van der Waals surface area contributed by atoms with Crippen molar-refractivity contribution in [3.63, 3.8) is 0 Å². The summed E-state index contributed by atoms with van der Waals surface area (Å²) in [4.78, 5) is 7.71. The number of rotatable bonds is 2. The van der Waals surface area contributed by atoms with Crippen molar-refractivity contribution in [1.29, 1.82) is 0 Å². The third-order valence-corrected chi connectivity index (χ3v) is 2.43. The third kappa shape index (κ3) is 2.84. The average molecular weight is 351 g/mol. The second-order valence-electron chi connectivity index (χ2n) is 3.10. The first-order valence-electron chi connectivity index (χ1n) is 4.45. The topological polar surface area (TPSA) is 37.8 Å². The summed E-state index contributed by atoms with van der Waals surface area (Å²) in [5, 5.41) is 2.46. The third-order valence-electron chi connectivity index (χ3n) is 1.88. The highest BCUT2D eigenvalue weighted by atomic mass is 127. The summed E-state index contributed by atoms with van der Waals surface area (Å²) < 4.78 is 39.7. The highest BCUT2D eigenvalue weighted by Gasteiger charge is 2.10. The molecule has 0 aliphatic carbocycles. The Hall–Kier alpha value is -1.38. The number of halogens is 4. The van der Waals surface area contributed by atoms with Crippen LogP contribution in [0.25, 0.3) is 0 Å². The van der Waals surface area contributed by atoms with Gasteiger partial charge in [0.2, 0.25) is 5.95 Å². The smallest absolute Gasteiger partial charge is 0.227 e. The summed E-state index contributed by atoms with van der Waals surface area (Å²) in [6, 6.07) is 1.18. The molecule has 0 aliphatic rings. The lowest BCUT2D eigenvalue weighted by Crippen LogP contribution is -2.00. The van der Waals surface area contributed by atoms with Gasteiger partial charge in [-0.05, 0) is 22.6 Å². The van der Waals surface area contributed by atoms with Crippen LogP contribution in [0, 0.1) is 21.0 Å². The Kier molecular flexibility index (Phi) is 3.46. The van der Waals surface area contributed by atoms with Crippen molar-refractivity contribution < 1.29 is 13.2 Å². The molecule has 7 heteroatoms. The van der Waals surface area contributed by atoms with Gasteiger partial charge in [-0.2, -0.15) is 0 Å². The van der Waals surface area contributed by atoms with E-state index in [1.165, 1.54) is 12.4 Å². The van der Waals surface area contributed by atoms with Gasteiger partial charge in [-0.15, -0.1) is 0 Å². The molecular weight excluding hydrogens is 346 g/mol. The Morgan fingerprint density at radius 1 is 0.941 bits per heavy atom. The molecule has 0 fully saturated rings. The molecule has 2 rings (SSSR count). The molecule has 1 N–H and O–H groups in total. The molecule has 1 aromatic heterocycles. The van der Waals surface area contributed by atoms with Crippen molar-refractivity contribution in [2.75, 3.05) is 5.32 Å². The minimum Gasteiger partial charge on any atom is -0.322 e. The van der Waals surface area contributed by atoms with Crippen LogP contribution in [0.1, 0.15) is 0 Å². The van der Waals surface area contributed by atoms with Gasteiger partial charge in [0.05, 0.1) is 5.69 Å². The largest absolute Gasteiger partial charge is 0.322 e. The molecule has 1 heterocycles. The lowest BCUT2D eigenvalue weighted by molar-refractivity contribution is 0.496. The maximum atomic E-state index is 13.3. The predicted molar refractivity (Wildman–Crippen MR) is 64.3 cm³/mol. The van der Waals surface area contributed by atoms with Crippen LogP contribution in [-0.4, -0.2) is 9.97 Å². The summed E-state index contributed by atoms with van der Waals surface area (Å²) in [6.07, 6.45) is 3.02. The second-order valence-corrected chi connectivity index (χ2v) is 4.34. The molecule has 1 aromatic carbocycles. The van der Waals surface area contributed by atoms with Crippen molar-refractivity contribution in [3.05, 3.63) is 45.5 Å². The lowest BCUT2D eigenvalue weighted by atomic mass is 10.3. The van der Waals surface area contributed by atoms with Gasteiger partial charge >= 0.3 is 0 Å². The first kappa shape index (κ1) is 12.1. The predicted octanol–water partition coefficient (Wildman–Crippen LogP) is 3.24. The molecule has 3 nitrogen and oxygen atoms in total. The minimum absolute atomic E-state index is 0.107. The summed E-state index contributed by atoms with van der Waals surface area (Å²) >= 11 is 2.01. The van der Waals surface area contributed by atoms with Crippen molar-refractivity contribution in [2.45, 2.75) is 0 Å². The first-order valence-corrected chi connectivity index (χ1v) is 5.53. The Balaban J connectivity index is 2.30. The number of anilines is 2. The molecule has 0 atom stereocenters. The molecule has 0 unspecified atom stereocenters. The number of nitrogens with zero attached hydrogens (tertiary/aromatic N) is 2. The van der Waals surface area contributed by atoms with Crippen LogP contribution in [0.5, 0.6) is 0 Å². The number of aromatic nitrogens is 2. The van der Waals surface area contributed by atoms with E-state index < -0.39 is 17.5 Å². The molecule has 0 radical (unpaired) electrons. The van der Waals surface area contributed by atoms with Crippen molar-refractivity contribution in [3.8, 4) is 0 Å². The number of nitrogens with one attached hydrogen (secondary N) is 1. The van der Waals surface area contributed by atoms with E-state index in [4.69, 9.17) is 0 Å². The first-order chi connectivity index (χ1) is 8.06. The van der Waals surface area contributed by atoms with Crippen LogP contribution in [0.3, 0.4) is 0 Å². The summed E-state index contributed by atoms with van der Waals surface area (Å²) in [6.45, 7) is 0. The molecule has 0 bridgehead atoms. The molecule has 0 saturated heterocycles. The van der Waals surface area contributed by atoms with Gasteiger partial charge < -0.3 is 5.32 Å². The summed E-state index contributed by atoms with van der Waals surface area (Å²) in [7, 11) is 0. The van der Waals surface area contributed by atoms with Gasteiger partial charge in [-0.25, -0.2) is 23.1 Å². The van der Waals surface area contributed by atoms with Gasteiger partial charge in [0, 0.05) is 28.1 Å².